The third-order valence-corrected chi connectivity index (χ3v) is 3.17. The minimum absolute atomic E-state index is 0.465. The SMILES string of the molecule is CCC(CC)CNC(C)c1ccccc1. The van der Waals surface area contributed by atoms with E-state index >= 15 is 0 Å². The van der Waals surface area contributed by atoms with Crippen LogP contribution in [-0.4, -0.2) is 6.54 Å². The van der Waals surface area contributed by atoms with Gasteiger partial charge in [0, 0.05) is 6.04 Å². The molecule has 1 rings (SSSR count). The highest BCUT2D eigenvalue weighted by Crippen LogP contribution is 2.13. The maximum Gasteiger partial charge on any atom is 0.0291 e. The Morgan fingerprint density at radius 1 is 1.07 bits per heavy atom. The largest absolute Gasteiger partial charge is 0.310 e. The van der Waals surface area contributed by atoms with Crippen molar-refractivity contribution >= 4 is 0 Å². The fourth-order valence-electron chi connectivity index (χ4n) is 1.78. The van der Waals surface area contributed by atoms with E-state index in [0.29, 0.717) is 6.04 Å². The van der Waals surface area contributed by atoms with Crippen molar-refractivity contribution in [2.75, 3.05) is 6.54 Å². The van der Waals surface area contributed by atoms with Crippen molar-refractivity contribution in [3.05, 3.63) is 35.9 Å². The zero-order chi connectivity index (χ0) is 11.1. The van der Waals surface area contributed by atoms with Crippen LogP contribution in [0.2, 0.25) is 0 Å². The molecule has 0 aliphatic heterocycles. The summed E-state index contributed by atoms with van der Waals surface area (Å²) in [5.41, 5.74) is 1.38. The van der Waals surface area contributed by atoms with E-state index in [1.807, 2.05) is 0 Å². The summed E-state index contributed by atoms with van der Waals surface area (Å²) in [5, 5.41) is 3.60. The van der Waals surface area contributed by atoms with Crippen LogP contribution >= 0.6 is 0 Å². The Hall–Kier alpha value is -0.820. The summed E-state index contributed by atoms with van der Waals surface area (Å²) in [4.78, 5) is 0. The van der Waals surface area contributed by atoms with Crippen LogP contribution in [0, 0.1) is 5.92 Å². The van der Waals surface area contributed by atoms with E-state index in [1.54, 1.807) is 0 Å². The van der Waals surface area contributed by atoms with E-state index in [-0.39, 0.29) is 0 Å². The predicted molar refractivity (Wildman–Crippen MR) is 66.9 cm³/mol. The molecule has 0 bridgehead atoms. The maximum absolute atomic E-state index is 3.60. The van der Waals surface area contributed by atoms with E-state index in [0.717, 1.165) is 12.5 Å². The highest BCUT2D eigenvalue weighted by molar-refractivity contribution is 5.17. The third kappa shape index (κ3) is 4.05. The fourth-order valence-corrected chi connectivity index (χ4v) is 1.78. The van der Waals surface area contributed by atoms with E-state index in [1.165, 1.54) is 18.4 Å². The van der Waals surface area contributed by atoms with Crippen LogP contribution < -0.4 is 5.32 Å². The van der Waals surface area contributed by atoms with E-state index in [2.05, 4.69) is 56.4 Å². The van der Waals surface area contributed by atoms with E-state index in [9.17, 15) is 0 Å². The first-order valence-corrected chi connectivity index (χ1v) is 6.06. The van der Waals surface area contributed by atoms with Gasteiger partial charge in [-0.05, 0) is 24.9 Å². The molecule has 0 amide bonds. The van der Waals surface area contributed by atoms with Crippen LogP contribution in [0.15, 0.2) is 30.3 Å². The molecule has 0 saturated carbocycles. The Morgan fingerprint density at radius 2 is 1.67 bits per heavy atom. The summed E-state index contributed by atoms with van der Waals surface area (Å²) in [6.45, 7) is 7.90. The average molecular weight is 205 g/mol. The number of nitrogens with one attached hydrogen (secondary N) is 1. The molecule has 1 heteroatoms. The Labute approximate surface area is 93.9 Å². The molecule has 84 valence electrons. The Bertz CT molecular complexity index is 251. The summed E-state index contributed by atoms with van der Waals surface area (Å²) >= 11 is 0. The topological polar surface area (TPSA) is 12.0 Å². The van der Waals surface area contributed by atoms with Crippen molar-refractivity contribution in [3.8, 4) is 0 Å². The molecule has 1 unspecified atom stereocenters. The first-order chi connectivity index (χ1) is 7.27. The minimum atomic E-state index is 0.465. The molecular weight excluding hydrogens is 182 g/mol. The molecule has 15 heavy (non-hydrogen) atoms. The summed E-state index contributed by atoms with van der Waals surface area (Å²) in [5.74, 6) is 0.816. The van der Waals surface area contributed by atoms with Gasteiger partial charge in [0.1, 0.15) is 0 Å². The molecule has 1 atom stereocenters. The minimum Gasteiger partial charge on any atom is -0.310 e. The second-order valence-electron chi connectivity index (χ2n) is 4.22. The smallest absolute Gasteiger partial charge is 0.0291 e. The lowest BCUT2D eigenvalue weighted by Gasteiger charge is -2.18. The van der Waals surface area contributed by atoms with Crippen LogP contribution in [0.3, 0.4) is 0 Å². The lowest BCUT2D eigenvalue weighted by Crippen LogP contribution is -2.25. The molecule has 0 aromatic heterocycles. The Balaban J connectivity index is 2.39. The van der Waals surface area contributed by atoms with Crippen LogP contribution in [0.25, 0.3) is 0 Å². The van der Waals surface area contributed by atoms with Crippen molar-refractivity contribution < 1.29 is 0 Å². The quantitative estimate of drug-likeness (QED) is 0.745. The van der Waals surface area contributed by atoms with Gasteiger partial charge in [-0.15, -0.1) is 0 Å². The van der Waals surface area contributed by atoms with Crippen molar-refractivity contribution in [1.29, 1.82) is 0 Å². The van der Waals surface area contributed by atoms with Gasteiger partial charge in [-0.2, -0.15) is 0 Å². The van der Waals surface area contributed by atoms with Crippen molar-refractivity contribution in [3.63, 3.8) is 0 Å². The molecule has 1 aromatic carbocycles. The molecule has 0 heterocycles. The molecular formula is C14H23N. The second kappa shape index (κ2) is 6.62. The molecule has 0 aliphatic rings. The van der Waals surface area contributed by atoms with Gasteiger partial charge in [0.15, 0.2) is 0 Å². The highest BCUT2D eigenvalue weighted by atomic mass is 14.9. The van der Waals surface area contributed by atoms with Gasteiger partial charge in [0.25, 0.3) is 0 Å². The fraction of sp³-hybridized carbons (Fsp3) is 0.571. The van der Waals surface area contributed by atoms with Crippen LogP contribution in [0.5, 0.6) is 0 Å². The third-order valence-electron chi connectivity index (χ3n) is 3.17. The molecule has 0 saturated heterocycles. The van der Waals surface area contributed by atoms with Crippen molar-refractivity contribution in [1.82, 2.24) is 5.32 Å². The highest BCUT2D eigenvalue weighted by Gasteiger charge is 2.07. The summed E-state index contributed by atoms with van der Waals surface area (Å²) in [7, 11) is 0. The summed E-state index contributed by atoms with van der Waals surface area (Å²) < 4.78 is 0. The molecule has 1 nitrogen and oxygen atoms in total. The lowest BCUT2D eigenvalue weighted by molar-refractivity contribution is 0.422. The van der Waals surface area contributed by atoms with Gasteiger partial charge >= 0.3 is 0 Å². The molecule has 1 aromatic rings. The first-order valence-electron chi connectivity index (χ1n) is 6.06. The molecule has 0 aliphatic carbocycles. The second-order valence-corrected chi connectivity index (χ2v) is 4.22. The maximum atomic E-state index is 3.60. The number of hydrogen-bond donors (Lipinski definition) is 1. The van der Waals surface area contributed by atoms with Gasteiger partial charge < -0.3 is 5.32 Å². The normalized spacial score (nSPS) is 13.1. The number of benzene rings is 1. The average Bonchev–Trinajstić information content (AvgIpc) is 2.31. The number of hydrogen-bond acceptors (Lipinski definition) is 1. The number of rotatable bonds is 6. The van der Waals surface area contributed by atoms with E-state index < -0.39 is 0 Å². The van der Waals surface area contributed by atoms with Crippen LogP contribution in [0.1, 0.15) is 45.2 Å². The monoisotopic (exact) mass is 205 g/mol. The molecule has 0 fully saturated rings. The van der Waals surface area contributed by atoms with Gasteiger partial charge in [0.2, 0.25) is 0 Å². The summed E-state index contributed by atoms with van der Waals surface area (Å²) in [6.07, 6.45) is 2.54. The molecule has 1 N–H and O–H groups in total. The predicted octanol–water partition coefficient (Wildman–Crippen LogP) is 3.77. The summed E-state index contributed by atoms with van der Waals surface area (Å²) in [6, 6.07) is 11.1. The van der Waals surface area contributed by atoms with Gasteiger partial charge in [-0.1, -0.05) is 57.0 Å². The van der Waals surface area contributed by atoms with Crippen molar-refractivity contribution in [2.24, 2.45) is 5.92 Å². The van der Waals surface area contributed by atoms with Gasteiger partial charge in [-0.25, -0.2) is 0 Å². The van der Waals surface area contributed by atoms with Gasteiger partial charge in [-0.3, -0.25) is 0 Å². The molecule has 0 radical (unpaired) electrons. The Morgan fingerprint density at radius 3 is 2.20 bits per heavy atom. The van der Waals surface area contributed by atoms with Crippen molar-refractivity contribution in [2.45, 2.75) is 39.7 Å². The Kier molecular flexibility index (Phi) is 5.41. The van der Waals surface area contributed by atoms with Gasteiger partial charge in [0.05, 0.1) is 0 Å². The zero-order valence-electron chi connectivity index (χ0n) is 10.2. The van der Waals surface area contributed by atoms with Crippen LogP contribution in [0.4, 0.5) is 0 Å². The lowest BCUT2D eigenvalue weighted by atomic mass is 10.0. The standard InChI is InChI=1S/C14H23N/c1-4-13(5-2)11-15-12(3)14-9-7-6-8-10-14/h6-10,12-13,15H,4-5,11H2,1-3H3. The zero-order valence-corrected chi connectivity index (χ0v) is 10.2. The van der Waals surface area contributed by atoms with E-state index in [4.69, 9.17) is 0 Å². The molecule has 0 spiro atoms. The first kappa shape index (κ1) is 12.3. The van der Waals surface area contributed by atoms with Crippen LogP contribution in [-0.2, 0) is 0 Å².